The molecular weight excluding hydrogens is 324 g/mol. The van der Waals surface area contributed by atoms with Crippen LogP contribution in [0.25, 0.3) is 0 Å². The van der Waals surface area contributed by atoms with E-state index in [1.807, 2.05) is 0 Å². The van der Waals surface area contributed by atoms with Crippen LogP contribution < -0.4 is 4.74 Å². The number of hydrogen-bond acceptors (Lipinski definition) is 4. The predicted octanol–water partition coefficient (Wildman–Crippen LogP) is 3.05. The van der Waals surface area contributed by atoms with Crippen molar-refractivity contribution in [2.24, 2.45) is 5.41 Å². The van der Waals surface area contributed by atoms with Crippen LogP contribution in [-0.2, 0) is 6.54 Å². The molecule has 1 aromatic heterocycles. The molecule has 3 rings (SSSR count). The van der Waals surface area contributed by atoms with Gasteiger partial charge in [0, 0.05) is 24.5 Å². The lowest BCUT2D eigenvalue weighted by Crippen LogP contribution is -2.29. The fourth-order valence-corrected chi connectivity index (χ4v) is 5.22. The van der Waals surface area contributed by atoms with Gasteiger partial charge < -0.3 is 9.64 Å². The van der Waals surface area contributed by atoms with Crippen molar-refractivity contribution in [3.05, 3.63) is 15.4 Å². The second kappa shape index (κ2) is 5.35. The van der Waals surface area contributed by atoms with Crippen LogP contribution in [0, 0.1) is 5.41 Å². The first kappa shape index (κ1) is 13.9. The third-order valence-corrected chi connectivity index (χ3v) is 6.35. The fraction of sp³-hybridized carbons (Fsp3) is 0.714. The van der Waals surface area contributed by atoms with Gasteiger partial charge in [0.2, 0.25) is 0 Å². The van der Waals surface area contributed by atoms with Gasteiger partial charge in [0.05, 0.1) is 11.6 Å². The standard InChI is InChI=1S/C14H21BrN2OS/c1-16-5-3-14(9-16)4-6-17(10-14)8-11-7-12(15)13(18-2)19-11/h7H,3-6,8-10H2,1-2H3. The molecule has 2 aliphatic heterocycles. The van der Waals surface area contributed by atoms with E-state index >= 15 is 0 Å². The van der Waals surface area contributed by atoms with E-state index in [1.54, 1.807) is 18.4 Å². The molecule has 1 atom stereocenters. The predicted molar refractivity (Wildman–Crippen MR) is 83.0 cm³/mol. The highest BCUT2D eigenvalue weighted by atomic mass is 79.9. The molecule has 3 nitrogen and oxygen atoms in total. The van der Waals surface area contributed by atoms with Gasteiger partial charge in [-0.15, -0.1) is 11.3 Å². The van der Waals surface area contributed by atoms with Crippen molar-refractivity contribution in [1.82, 2.24) is 9.80 Å². The minimum atomic E-state index is 0.577. The Balaban J connectivity index is 1.62. The zero-order chi connectivity index (χ0) is 13.5. The SMILES string of the molecule is COc1sc(CN2CCC3(CCN(C)C3)C2)cc1Br. The molecule has 0 radical (unpaired) electrons. The molecule has 1 unspecified atom stereocenters. The maximum absolute atomic E-state index is 5.34. The first-order chi connectivity index (χ1) is 9.10. The van der Waals surface area contributed by atoms with E-state index in [2.05, 4.69) is 38.8 Å². The highest BCUT2D eigenvalue weighted by molar-refractivity contribution is 9.10. The van der Waals surface area contributed by atoms with Crippen molar-refractivity contribution in [2.75, 3.05) is 40.3 Å². The summed E-state index contributed by atoms with van der Waals surface area (Å²) in [4.78, 5) is 6.48. The Kier molecular flexibility index (Phi) is 3.91. The Morgan fingerprint density at radius 2 is 2.16 bits per heavy atom. The van der Waals surface area contributed by atoms with Crippen molar-refractivity contribution in [3.63, 3.8) is 0 Å². The minimum Gasteiger partial charge on any atom is -0.486 e. The number of rotatable bonds is 3. The van der Waals surface area contributed by atoms with Gasteiger partial charge >= 0.3 is 0 Å². The lowest BCUT2D eigenvalue weighted by atomic mass is 9.86. The summed E-state index contributed by atoms with van der Waals surface area (Å²) in [5, 5.41) is 0.990. The topological polar surface area (TPSA) is 15.7 Å². The van der Waals surface area contributed by atoms with Gasteiger partial charge in [0.1, 0.15) is 0 Å². The highest BCUT2D eigenvalue weighted by Crippen LogP contribution is 2.41. The van der Waals surface area contributed by atoms with Crippen molar-refractivity contribution in [3.8, 4) is 5.06 Å². The van der Waals surface area contributed by atoms with E-state index in [1.165, 1.54) is 43.9 Å². The monoisotopic (exact) mass is 344 g/mol. The maximum atomic E-state index is 5.34. The number of ether oxygens (including phenoxy) is 1. The molecule has 0 aliphatic carbocycles. The van der Waals surface area contributed by atoms with Crippen molar-refractivity contribution < 1.29 is 4.74 Å². The van der Waals surface area contributed by atoms with E-state index in [4.69, 9.17) is 4.74 Å². The van der Waals surface area contributed by atoms with E-state index < -0.39 is 0 Å². The molecule has 0 bridgehead atoms. The van der Waals surface area contributed by atoms with Crippen LogP contribution in [0.15, 0.2) is 10.5 Å². The van der Waals surface area contributed by atoms with Gasteiger partial charge in [0.15, 0.2) is 5.06 Å². The molecule has 2 fully saturated rings. The van der Waals surface area contributed by atoms with Gasteiger partial charge in [-0.25, -0.2) is 0 Å². The van der Waals surface area contributed by atoms with E-state index in [0.29, 0.717) is 5.41 Å². The van der Waals surface area contributed by atoms with Crippen LogP contribution in [0.5, 0.6) is 5.06 Å². The van der Waals surface area contributed by atoms with Gasteiger partial charge in [-0.3, -0.25) is 4.90 Å². The molecule has 0 saturated carbocycles. The Labute approximate surface area is 127 Å². The number of nitrogens with zero attached hydrogens (tertiary/aromatic N) is 2. The smallest absolute Gasteiger partial charge is 0.188 e. The molecule has 0 aromatic carbocycles. The molecule has 3 heterocycles. The fourth-order valence-electron chi connectivity index (χ4n) is 3.49. The second-order valence-corrected chi connectivity index (χ2v) is 7.95. The third kappa shape index (κ3) is 2.84. The normalized spacial score (nSPS) is 28.6. The van der Waals surface area contributed by atoms with Crippen molar-refractivity contribution >= 4 is 27.3 Å². The lowest BCUT2D eigenvalue weighted by molar-refractivity contribution is 0.252. The summed E-state index contributed by atoms with van der Waals surface area (Å²) in [5.41, 5.74) is 0.577. The molecule has 1 spiro atoms. The maximum Gasteiger partial charge on any atom is 0.188 e. The Hall–Kier alpha value is -0.100. The summed E-state index contributed by atoms with van der Waals surface area (Å²) in [7, 11) is 3.98. The summed E-state index contributed by atoms with van der Waals surface area (Å²) in [5.74, 6) is 0. The van der Waals surface area contributed by atoms with Crippen LogP contribution in [0.1, 0.15) is 17.7 Å². The number of likely N-dealkylation sites (tertiary alicyclic amines) is 2. The van der Waals surface area contributed by atoms with Crippen LogP contribution >= 0.6 is 27.3 Å². The molecule has 2 aliphatic rings. The zero-order valence-electron chi connectivity index (χ0n) is 11.6. The average molecular weight is 345 g/mol. The van der Waals surface area contributed by atoms with Gasteiger partial charge in [-0.1, -0.05) is 0 Å². The van der Waals surface area contributed by atoms with E-state index in [-0.39, 0.29) is 0 Å². The molecule has 1 aromatic rings. The number of halogens is 1. The molecule has 0 amide bonds. The van der Waals surface area contributed by atoms with Gasteiger partial charge in [0.25, 0.3) is 0 Å². The molecule has 2 saturated heterocycles. The number of hydrogen-bond donors (Lipinski definition) is 0. The van der Waals surface area contributed by atoms with E-state index in [0.717, 1.165) is 16.1 Å². The zero-order valence-corrected chi connectivity index (χ0v) is 14.0. The largest absolute Gasteiger partial charge is 0.486 e. The third-order valence-electron chi connectivity index (χ3n) is 4.42. The van der Waals surface area contributed by atoms with Crippen LogP contribution in [0.4, 0.5) is 0 Å². The lowest BCUT2D eigenvalue weighted by Gasteiger charge is -2.23. The van der Waals surface area contributed by atoms with Crippen LogP contribution in [0.2, 0.25) is 0 Å². The quantitative estimate of drug-likeness (QED) is 0.838. The highest BCUT2D eigenvalue weighted by Gasteiger charge is 2.42. The summed E-state index contributed by atoms with van der Waals surface area (Å²) < 4.78 is 6.43. The molecule has 106 valence electrons. The number of methoxy groups -OCH3 is 1. The minimum absolute atomic E-state index is 0.577. The van der Waals surface area contributed by atoms with Gasteiger partial charge in [-0.2, -0.15) is 0 Å². The van der Waals surface area contributed by atoms with Crippen molar-refractivity contribution in [2.45, 2.75) is 19.4 Å². The summed E-state index contributed by atoms with van der Waals surface area (Å²) >= 11 is 5.31. The Bertz CT molecular complexity index is 464. The number of thiophene rings is 1. The Morgan fingerprint density at radius 1 is 1.37 bits per heavy atom. The Morgan fingerprint density at radius 3 is 2.79 bits per heavy atom. The molecular formula is C14H21BrN2OS. The first-order valence-corrected chi connectivity index (χ1v) is 8.44. The van der Waals surface area contributed by atoms with Gasteiger partial charge in [-0.05, 0) is 60.4 Å². The summed E-state index contributed by atoms with van der Waals surface area (Å²) in [6.07, 6.45) is 2.73. The van der Waals surface area contributed by atoms with Crippen molar-refractivity contribution in [1.29, 1.82) is 0 Å². The summed E-state index contributed by atoms with van der Waals surface area (Å²) in [6, 6.07) is 2.20. The van der Waals surface area contributed by atoms with Crippen LogP contribution in [0.3, 0.4) is 0 Å². The first-order valence-electron chi connectivity index (χ1n) is 6.83. The van der Waals surface area contributed by atoms with Crippen LogP contribution in [-0.4, -0.2) is 50.1 Å². The van der Waals surface area contributed by atoms with E-state index in [9.17, 15) is 0 Å². The molecule has 0 N–H and O–H groups in total. The summed E-state index contributed by atoms with van der Waals surface area (Å²) in [6.45, 7) is 6.12. The molecule has 19 heavy (non-hydrogen) atoms. The molecule has 5 heteroatoms. The second-order valence-electron chi connectivity index (χ2n) is 6.00. The average Bonchev–Trinajstić information content (AvgIpc) is 3.02.